The third kappa shape index (κ3) is 5.66. The van der Waals surface area contributed by atoms with Crippen LogP contribution in [0, 0.1) is 5.82 Å². The van der Waals surface area contributed by atoms with Crippen molar-refractivity contribution in [2.45, 2.75) is 77.6 Å². The molecule has 0 saturated heterocycles. The number of nitrogens with zero attached hydrogens (tertiary/aromatic N) is 2. The molecular weight excluding hydrogens is 402 g/mol. The van der Waals surface area contributed by atoms with Gasteiger partial charge in [-0.2, -0.15) is 0 Å². The van der Waals surface area contributed by atoms with Gasteiger partial charge in [0.1, 0.15) is 0 Å². The zero-order valence-electron chi connectivity index (χ0n) is 14.6. The fraction of sp³-hybridized carbons (Fsp3) is 0.765. The summed E-state index contributed by atoms with van der Waals surface area (Å²) in [6, 6.07) is 0. The molecule has 0 radical (unpaired) electrons. The minimum absolute atomic E-state index is 0.266. The van der Waals surface area contributed by atoms with Crippen LogP contribution in [-0.4, -0.2) is 34.6 Å². The van der Waals surface area contributed by atoms with Crippen LogP contribution in [0.1, 0.15) is 59.3 Å². The van der Waals surface area contributed by atoms with E-state index in [1.54, 1.807) is 0 Å². The molecule has 0 amide bonds. The molecule has 5 heteroatoms. The summed E-state index contributed by atoms with van der Waals surface area (Å²) in [5.41, 5.74) is 0. The Balaban J connectivity index is 3.18. The third-order valence-electron chi connectivity index (χ3n) is 4.41. The number of aromatic nitrogens is 2. The molecule has 0 aliphatic rings. The van der Waals surface area contributed by atoms with Crippen LogP contribution in [0.15, 0.2) is 11.2 Å². The molecule has 0 saturated carbocycles. The summed E-state index contributed by atoms with van der Waals surface area (Å²) in [4.78, 5) is 9.20. The number of rotatable bonds is 11. The molecule has 1 rings (SSSR count). The molecule has 0 aliphatic carbocycles. The number of hydrogen-bond donors (Lipinski definition) is 0. The van der Waals surface area contributed by atoms with E-state index in [9.17, 15) is 4.39 Å². The molecule has 0 unspecified atom stereocenters. The van der Waals surface area contributed by atoms with Gasteiger partial charge in [0.2, 0.25) is 0 Å². The van der Waals surface area contributed by atoms with Crippen molar-refractivity contribution in [3.63, 3.8) is 0 Å². The van der Waals surface area contributed by atoms with E-state index in [2.05, 4.69) is 25.8 Å². The molecular formula is C17H31FN2SSn. The molecule has 1 aromatic rings. The van der Waals surface area contributed by atoms with Crippen LogP contribution in [0.25, 0.3) is 0 Å². The maximum atomic E-state index is 13.8. The fourth-order valence-electron chi connectivity index (χ4n) is 3.01. The van der Waals surface area contributed by atoms with Crippen LogP contribution in [0.3, 0.4) is 0 Å². The van der Waals surface area contributed by atoms with Gasteiger partial charge in [0.25, 0.3) is 0 Å². The standard InChI is InChI=1S/C5H4FN2S.3C4H9.Sn/c1-9-5-4(6)2-7-3-8-5;3*1-3-4-2;/h2H,1H3;3*1,3-4H2,2H3;. The fourth-order valence-corrected chi connectivity index (χ4v) is 18.5. The second-order valence-corrected chi connectivity index (χ2v) is 19.8. The number of hydrogen-bond acceptors (Lipinski definition) is 3. The Kier molecular flexibility index (Phi) is 9.96. The number of unbranched alkanes of at least 4 members (excludes halogenated alkanes) is 3. The second kappa shape index (κ2) is 10.8. The van der Waals surface area contributed by atoms with E-state index < -0.39 is 18.4 Å². The van der Waals surface area contributed by atoms with E-state index in [0.29, 0.717) is 5.03 Å². The predicted molar refractivity (Wildman–Crippen MR) is 98.3 cm³/mol. The van der Waals surface area contributed by atoms with Gasteiger partial charge < -0.3 is 0 Å². The average Bonchev–Trinajstić information content (AvgIpc) is 2.55. The molecule has 2 nitrogen and oxygen atoms in total. The van der Waals surface area contributed by atoms with Crippen LogP contribution in [0.4, 0.5) is 4.39 Å². The van der Waals surface area contributed by atoms with E-state index in [4.69, 9.17) is 4.98 Å². The molecule has 0 N–H and O–H groups in total. The van der Waals surface area contributed by atoms with Crippen molar-refractivity contribution in [1.82, 2.24) is 9.97 Å². The Morgan fingerprint density at radius 2 is 1.50 bits per heavy atom. The summed E-state index contributed by atoms with van der Waals surface area (Å²) < 4.78 is 18.8. The van der Waals surface area contributed by atoms with Crippen LogP contribution in [0.5, 0.6) is 0 Å². The average molecular weight is 433 g/mol. The van der Waals surface area contributed by atoms with Gasteiger partial charge in [0.05, 0.1) is 0 Å². The molecule has 22 heavy (non-hydrogen) atoms. The first kappa shape index (κ1) is 20.2. The van der Waals surface area contributed by atoms with Gasteiger partial charge in [0.15, 0.2) is 0 Å². The quantitative estimate of drug-likeness (QED) is 0.266. The Morgan fingerprint density at radius 3 is 1.91 bits per heavy atom. The van der Waals surface area contributed by atoms with Crippen molar-refractivity contribution in [2.24, 2.45) is 0 Å². The number of thioether (sulfide) groups is 1. The van der Waals surface area contributed by atoms with Gasteiger partial charge in [-0.1, -0.05) is 0 Å². The van der Waals surface area contributed by atoms with E-state index in [1.165, 1.54) is 69.8 Å². The van der Waals surface area contributed by atoms with Crippen molar-refractivity contribution >= 4 is 34.0 Å². The molecule has 0 aromatic carbocycles. The topological polar surface area (TPSA) is 25.8 Å². The zero-order valence-corrected chi connectivity index (χ0v) is 18.3. The first-order valence-corrected chi connectivity index (χ1v) is 17.4. The summed E-state index contributed by atoms with van der Waals surface area (Å²) in [6.45, 7) is 6.78. The summed E-state index contributed by atoms with van der Waals surface area (Å²) in [5, 5.41) is 0.538. The van der Waals surface area contributed by atoms with Crippen molar-refractivity contribution in [1.29, 1.82) is 0 Å². The Bertz CT molecular complexity index is 421. The van der Waals surface area contributed by atoms with E-state index in [-0.39, 0.29) is 5.82 Å². The van der Waals surface area contributed by atoms with Crippen molar-refractivity contribution in [3.05, 3.63) is 12.0 Å². The summed E-state index contributed by atoms with van der Waals surface area (Å²) in [5.74, 6) is -0.266. The summed E-state index contributed by atoms with van der Waals surface area (Å²) in [6.07, 6.45) is 10.8. The van der Waals surface area contributed by atoms with Gasteiger partial charge in [-0.15, -0.1) is 0 Å². The van der Waals surface area contributed by atoms with Gasteiger partial charge in [0, 0.05) is 0 Å². The van der Waals surface area contributed by atoms with Crippen molar-refractivity contribution < 1.29 is 4.39 Å². The molecule has 0 bridgehead atoms. The third-order valence-corrected chi connectivity index (χ3v) is 19.7. The van der Waals surface area contributed by atoms with Gasteiger partial charge in [-0.3, -0.25) is 0 Å². The molecule has 0 atom stereocenters. The van der Waals surface area contributed by atoms with Crippen LogP contribution >= 0.6 is 11.8 Å². The van der Waals surface area contributed by atoms with Crippen molar-refractivity contribution in [2.75, 3.05) is 6.26 Å². The Hall–Kier alpha value is 0.159. The summed E-state index contributed by atoms with van der Waals surface area (Å²) in [7, 11) is 0. The molecule has 126 valence electrons. The van der Waals surface area contributed by atoms with E-state index in [0.717, 1.165) is 3.84 Å². The first-order valence-electron chi connectivity index (χ1n) is 8.70. The zero-order chi connectivity index (χ0) is 16.4. The van der Waals surface area contributed by atoms with Gasteiger partial charge in [-0.05, 0) is 0 Å². The van der Waals surface area contributed by atoms with Gasteiger partial charge in [-0.25, -0.2) is 0 Å². The second-order valence-electron chi connectivity index (χ2n) is 6.14. The monoisotopic (exact) mass is 434 g/mol. The normalized spacial score (nSPS) is 11.9. The molecule has 1 heterocycles. The SMILES string of the molecule is CCC[CH2][Sn]([CH2]CCC)([CH2]CCC)[c]1ncc(F)c(SC)n1. The molecule has 1 aromatic heterocycles. The summed E-state index contributed by atoms with van der Waals surface area (Å²) >= 11 is -1.19. The van der Waals surface area contributed by atoms with Gasteiger partial charge >= 0.3 is 144 Å². The predicted octanol–water partition coefficient (Wildman–Crippen LogP) is 5.39. The Labute approximate surface area is 144 Å². The molecule has 0 fully saturated rings. The Morgan fingerprint density at radius 1 is 1.00 bits per heavy atom. The first-order chi connectivity index (χ1) is 10.6. The van der Waals surface area contributed by atoms with E-state index in [1.807, 2.05) is 6.26 Å². The maximum absolute atomic E-state index is 13.8. The van der Waals surface area contributed by atoms with Crippen LogP contribution in [-0.2, 0) is 0 Å². The van der Waals surface area contributed by atoms with E-state index >= 15 is 0 Å². The molecule has 0 spiro atoms. The van der Waals surface area contributed by atoms with Crippen LogP contribution in [0.2, 0.25) is 13.3 Å². The van der Waals surface area contributed by atoms with Crippen LogP contribution < -0.4 is 3.84 Å². The van der Waals surface area contributed by atoms with Crippen molar-refractivity contribution in [3.8, 4) is 0 Å². The minimum atomic E-state index is -2.60. The number of halogens is 1. The molecule has 0 aliphatic heterocycles.